The molecule has 30 heavy (non-hydrogen) atoms. The number of likely N-dealkylation sites (tertiary alicyclic amines) is 1. The van der Waals surface area contributed by atoms with Crippen LogP contribution in [0.3, 0.4) is 0 Å². The number of ether oxygens (including phenoxy) is 2. The standard InChI is InChI=1S/C24H31N3O3/c1-18(2)29-12-13-30-23-8-4-6-20(15-23)14-21-9-11-27(17-19(21)3)24(28)26-22-7-5-10-25-16-22/h4-8,10,14-16,18-19H,9,11-13,17H2,1-3H3,(H,26,28)/b21-14+. The number of carbonyl (C=O) groups is 1. The number of rotatable bonds is 7. The van der Waals surface area contributed by atoms with E-state index in [1.54, 1.807) is 12.4 Å². The van der Waals surface area contributed by atoms with Crippen molar-refractivity contribution in [2.75, 3.05) is 31.6 Å². The predicted octanol–water partition coefficient (Wildman–Crippen LogP) is 4.84. The van der Waals surface area contributed by atoms with Crippen LogP contribution in [-0.4, -0.2) is 48.3 Å². The Balaban J connectivity index is 1.55. The number of piperidine rings is 1. The number of carbonyl (C=O) groups excluding carboxylic acids is 1. The molecule has 1 fully saturated rings. The zero-order valence-corrected chi connectivity index (χ0v) is 18.0. The Bertz CT molecular complexity index is 852. The van der Waals surface area contributed by atoms with Gasteiger partial charge in [0.1, 0.15) is 12.4 Å². The van der Waals surface area contributed by atoms with Crippen LogP contribution in [0.15, 0.2) is 54.4 Å². The van der Waals surface area contributed by atoms with Crippen molar-refractivity contribution in [3.05, 3.63) is 59.9 Å². The number of pyridine rings is 1. The SMILES string of the molecule is CC(C)OCCOc1cccc(/C=C2\CCN(C(=O)Nc3cccnc3)CC2C)c1. The van der Waals surface area contributed by atoms with Gasteiger partial charge in [-0.1, -0.05) is 30.7 Å². The van der Waals surface area contributed by atoms with Gasteiger partial charge in [-0.05, 0) is 56.0 Å². The van der Waals surface area contributed by atoms with Crippen LogP contribution in [0.25, 0.3) is 6.08 Å². The lowest BCUT2D eigenvalue weighted by molar-refractivity contribution is 0.0552. The van der Waals surface area contributed by atoms with E-state index in [2.05, 4.69) is 35.4 Å². The van der Waals surface area contributed by atoms with E-state index in [-0.39, 0.29) is 12.1 Å². The fourth-order valence-electron chi connectivity index (χ4n) is 3.44. The first kappa shape index (κ1) is 21.8. The van der Waals surface area contributed by atoms with E-state index in [4.69, 9.17) is 9.47 Å². The Hall–Kier alpha value is -2.86. The summed E-state index contributed by atoms with van der Waals surface area (Å²) in [4.78, 5) is 18.4. The van der Waals surface area contributed by atoms with Gasteiger partial charge >= 0.3 is 6.03 Å². The van der Waals surface area contributed by atoms with Gasteiger partial charge in [-0.3, -0.25) is 4.98 Å². The summed E-state index contributed by atoms with van der Waals surface area (Å²) in [7, 11) is 0. The number of hydrogen-bond donors (Lipinski definition) is 1. The van der Waals surface area contributed by atoms with Crippen LogP contribution in [0.2, 0.25) is 0 Å². The highest BCUT2D eigenvalue weighted by Gasteiger charge is 2.24. The van der Waals surface area contributed by atoms with Gasteiger partial charge in [0.25, 0.3) is 0 Å². The van der Waals surface area contributed by atoms with E-state index in [0.717, 1.165) is 17.7 Å². The summed E-state index contributed by atoms with van der Waals surface area (Å²) in [6, 6.07) is 11.7. The number of nitrogens with zero attached hydrogens (tertiary/aromatic N) is 2. The Morgan fingerprint density at radius 3 is 2.90 bits per heavy atom. The van der Waals surface area contributed by atoms with E-state index < -0.39 is 0 Å². The Morgan fingerprint density at radius 2 is 2.17 bits per heavy atom. The maximum atomic E-state index is 12.5. The second-order valence-corrected chi connectivity index (χ2v) is 7.83. The van der Waals surface area contributed by atoms with Gasteiger partial charge in [-0.2, -0.15) is 0 Å². The molecule has 0 spiro atoms. The third kappa shape index (κ3) is 6.59. The molecule has 0 aliphatic carbocycles. The number of hydrogen-bond acceptors (Lipinski definition) is 4. The van der Waals surface area contributed by atoms with Crippen LogP contribution in [0, 0.1) is 5.92 Å². The minimum absolute atomic E-state index is 0.0760. The number of urea groups is 1. The lowest BCUT2D eigenvalue weighted by atomic mass is 9.91. The Morgan fingerprint density at radius 1 is 1.30 bits per heavy atom. The summed E-state index contributed by atoms with van der Waals surface area (Å²) >= 11 is 0. The second kappa shape index (κ2) is 10.8. The highest BCUT2D eigenvalue weighted by atomic mass is 16.5. The molecule has 1 aliphatic rings. The molecule has 6 heteroatoms. The first-order chi connectivity index (χ1) is 14.5. The maximum absolute atomic E-state index is 12.5. The molecule has 6 nitrogen and oxygen atoms in total. The topological polar surface area (TPSA) is 63.7 Å². The van der Waals surface area contributed by atoms with Crippen LogP contribution in [-0.2, 0) is 4.74 Å². The van der Waals surface area contributed by atoms with Crippen molar-refractivity contribution >= 4 is 17.8 Å². The summed E-state index contributed by atoms with van der Waals surface area (Å²) in [5, 5.41) is 2.91. The summed E-state index contributed by atoms with van der Waals surface area (Å²) in [5.74, 6) is 1.14. The fraction of sp³-hybridized carbons (Fsp3) is 0.417. The van der Waals surface area contributed by atoms with Crippen LogP contribution < -0.4 is 10.1 Å². The molecule has 3 rings (SSSR count). The molecule has 160 valence electrons. The van der Waals surface area contributed by atoms with Gasteiger partial charge in [0, 0.05) is 19.3 Å². The maximum Gasteiger partial charge on any atom is 0.321 e. The van der Waals surface area contributed by atoms with Gasteiger partial charge < -0.3 is 19.7 Å². The van der Waals surface area contributed by atoms with Crippen LogP contribution in [0.5, 0.6) is 5.75 Å². The molecule has 0 bridgehead atoms. The molecular weight excluding hydrogens is 378 g/mol. The molecule has 0 radical (unpaired) electrons. The second-order valence-electron chi connectivity index (χ2n) is 7.83. The number of aromatic nitrogens is 1. The molecule has 1 unspecified atom stereocenters. The van der Waals surface area contributed by atoms with Gasteiger partial charge in [0.05, 0.1) is 24.6 Å². The van der Waals surface area contributed by atoms with E-state index in [0.29, 0.717) is 37.9 Å². The molecule has 2 amide bonds. The minimum atomic E-state index is -0.0760. The van der Waals surface area contributed by atoms with Crippen molar-refractivity contribution in [1.29, 1.82) is 0 Å². The molecule has 1 N–H and O–H groups in total. The van der Waals surface area contributed by atoms with Crippen LogP contribution >= 0.6 is 0 Å². The van der Waals surface area contributed by atoms with Gasteiger partial charge in [-0.25, -0.2) is 4.79 Å². The number of benzene rings is 1. The predicted molar refractivity (Wildman–Crippen MR) is 120 cm³/mol. The zero-order chi connectivity index (χ0) is 21.3. The molecule has 2 heterocycles. The lowest BCUT2D eigenvalue weighted by Gasteiger charge is -2.33. The number of nitrogens with one attached hydrogen (secondary N) is 1. The normalized spacial score (nSPS) is 17.9. The third-order valence-corrected chi connectivity index (χ3v) is 5.01. The highest BCUT2D eigenvalue weighted by molar-refractivity contribution is 5.89. The van der Waals surface area contributed by atoms with E-state index >= 15 is 0 Å². The molecule has 1 aliphatic heterocycles. The lowest BCUT2D eigenvalue weighted by Crippen LogP contribution is -2.42. The van der Waals surface area contributed by atoms with Gasteiger partial charge in [0.15, 0.2) is 0 Å². The first-order valence-electron chi connectivity index (χ1n) is 10.5. The van der Waals surface area contributed by atoms with Crippen molar-refractivity contribution in [3.8, 4) is 5.75 Å². The fourth-order valence-corrected chi connectivity index (χ4v) is 3.44. The highest BCUT2D eigenvalue weighted by Crippen LogP contribution is 2.26. The zero-order valence-electron chi connectivity index (χ0n) is 18.0. The molecular formula is C24H31N3O3. The first-order valence-corrected chi connectivity index (χ1v) is 10.5. The monoisotopic (exact) mass is 409 g/mol. The van der Waals surface area contributed by atoms with Gasteiger partial charge in [0.2, 0.25) is 0 Å². The number of anilines is 1. The Labute approximate surface area is 178 Å². The third-order valence-electron chi connectivity index (χ3n) is 5.01. The summed E-state index contributed by atoms with van der Waals surface area (Å²) in [6.07, 6.45) is 6.63. The van der Waals surface area contributed by atoms with E-state index in [9.17, 15) is 4.79 Å². The molecule has 1 atom stereocenters. The van der Waals surface area contributed by atoms with Gasteiger partial charge in [-0.15, -0.1) is 0 Å². The average molecular weight is 410 g/mol. The quantitative estimate of drug-likeness (QED) is 0.665. The van der Waals surface area contributed by atoms with Crippen LogP contribution in [0.4, 0.5) is 10.5 Å². The molecule has 2 aromatic rings. The van der Waals surface area contributed by atoms with Crippen molar-refractivity contribution < 1.29 is 14.3 Å². The van der Waals surface area contributed by atoms with Crippen LogP contribution in [0.1, 0.15) is 32.8 Å². The smallest absolute Gasteiger partial charge is 0.321 e. The molecule has 1 aromatic heterocycles. The van der Waals surface area contributed by atoms with Crippen molar-refractivity contribution in [2.45, 2.75) is 33.3 Å². The average Bonchev–Trinajstić information content (AvgIpc) is 2.73. The summed E-state index contributed by atoms with van der Waals surface area (Å²) in [5.41, 5.74) is 3.18. The molecule has 1 aromatic carbocycles. The Kier molecular flexibility index (Phi) is 7.85. The van der Waals surface area contributed by atoms with E-state index in [1.807, 2.05) is 43.0 Å². The van der Waals surface area contributed by atoms with Crippen molar-refractivity contribution in [1.82, 2.24) is 9.88 Å². The van der Waals surface area contributed by atoms with Crippen molar-refractivity contribution in [2.24, 2.45) is 5.92 Å². The summed E-state index contributed by atoms with van der Waals surface area (Å²) < 4.78 is 11.3. The summed E-state index contributed by atoms with van der Waals surface area (Å²) in [6.45, 7) is 8.71. The minimum Gasteiger partial charge on any atom is -0.491 e. The van der Waals surface area contributed by atoms with Crippen molar-refractivity contribution in [3.63, 3.8) is 0 Å². The number of amides is 2. The molecule has 0 saturated carbocycles. The largest absolute Gasteiger partial charge is 0.491 e. The van der Waals surface area contributed by atoms with E-state index in [1.165, 1.54) is 5.57 Å². The molecule has 1 saturated heterocycles.